The SMILES string of the molecule is C1CCOCC1.C=CC(C)=O.CC(CN1CC(F)(F)C1)c1c[nH]c(N)c1/C=C(\N)c1ccccc1O.CNC. The first-order chi connectivity index (χ1) is 18.4. The molecule has 4 rings (SSSR count). The minimum Gasteiger partial charge on any atom is -0.507 e. The summed E-state index contributed by atoms with van der Waals surface area (Å²) in [5, 5.41) is 12.7. The largest absolute Gasteiger partial charge is 0.507 e. The van der Waals surface area contributed by atoms with Crippen molar-refractivity contribution in [3.63, 3.8) is 0 Å². The number of nitrogens with zero attached hydrogens (tertiary/aromatic N) is 1. The van der Waals surface area contributed by atoms with Crippen molar-refractivity contribution in [2.24, 2.45) is 5.73 Å². The van der Waals surface area contributed by atoms with Crippen molar-refractivity contribution in [3.8, 4) is 5.75 Å². The molecule has 2 aromatic rings. The van der Waals surface area contributed by atoms with Crippen LogP contribution in [0.4, 0.5) is 14.6 Å². The number of allylic oxidation sites excluding steroid dienone is 1. The Morgan fingerprint density at radius 1 is 1.26 bits per heavy atom. The number of anilines is 1. The Morgan fingerprint density at radius 2 is 1.82 bits per heavy atom. The maximum atomic E-state index is 13.0. The van der Waals surface area contributed by atoms with Gasteiger partial charge in [-0.05, 0) is 76.0 Å². The van der Waals surface area contributed by atoms with Crippen LogP contribution in [0.5, 0.6) is 5.75 Å². The van der Waals surface area contributed by atoms with Gasteiger partial charge < -0.3 is 31.6 Å². The number of phenols is 1. The van der Waals surface area contributed by atoms with Crippen molar-refractivity contribution in [2.45, 2.75) is 45.0 Å². The number of aromatic hydroxyl groups is 1. The second-order valence-corrected chi connectivity index (χ2v) is 9.60. The summed E-state index contributed by atoms with van der Waals surface area (Å²) in [6, 6.07) is 6.77. The molecule has 10 heteroatoms. The van der Waals surface area contributed by atoms with Crippen LogP contribution < -0.4 is 16.8 Å². The maximum absolute atomic E-state index is 13.0. The normalized spacial score (nSPS) is 17.0. The highest BCUT2D eigenvalue weighted by atomic mass is 19.3. The number of benzene rings is 1. The molecule has 2 saturated heterocycles. The summed E-state index contributed by atoms with van der Waals surface area (Å²) >= 11 is 0. The summed E-state index contributed by atoms with van der Waals surface area (Å²) < 4.78 is 31.1. The number of nitrogens with one attached hydrogen (secondary N) is 2. The Hall–Kier alpha value is -3.21. The van der Waals surface area contributed by atoms with Gasteiger partial charge in [0.2, 0.25) is 0 Å². The van der Waals surface area contributed by atoms with E-state index < -0.39 is 5.92 Å². The monoisotopic (exact) mass is 549 g/mol. The number of H-pyrrole nitrogens is 1. The third-order valence-electron chi connectivity index (χ3n) is 5.84. The highest BCUT2D eigenvalue weighted by Gasteiger charge is 2.44. The Kier molecular flexibility index (Phi) is 15.1. The van der Waals surface area contributed by atoms with E-state index in [1.807, 2.05) is 21.0 Å². The molecule has 218 valence electrons. The van der Waals surface area contributed by atoms with E-state index in [9.17, 15) is 18.7 Å². The lowest BCUT2D eigenvalue weighted by Crippen LogP contribution is -2.56. The van der Waals surface area contributed by atoms with Gasteiger partial charge in [-0.25, -0.2) is 8.78 Å². The van der Waals surface area contributed by atoms with Crippen LogP contribution in [0.25, 0.3) is 11.8 Å². The molecule has 3 heterocycles. The molecule has 1 aromatic carbocycles. The number of hydrogen-bond acceptors (Lipinski definition) is 7. The zero-order valence-electron chi connectivity index (χ0n) is 23.6. The van der Waals surface area contributed by atoms with Gasteiger partial charge in [0, 0.05) is 42.8 Å². The minimum atomic E-state index is -2.57. The number of rotatable bonds is 6. The Bertz CT molecular complexity index is 1030. The number of carbonyl (C=O) groups is 1. The fourth-order valence-corrected chi connectivity index (χ4v) is 3.90. The molecule has 2 aliphatic rings. The third-order valence-corrected chi connectivity index (χ3v) is 5.84. The van der Waals surface area contributed by atoms with E-state index >= 15 is 0 Å². The van der Waals surface area contributed by atoms with Crippen molar-refractivity contribution < 1.29 is 23.4 Å². The second kappa shape index (κ2) is 17.4. The molecule has 0 spiro atoms. The van der Waals surface area contributed by atoms with Gasteiger partial charge in [0.05, 0.1) is 13.1 Å². The van der Waals surface area contributed by atoms with Crippen LogP contribution in [0.15, 0.2) is 43.1 Å². The molecule has 2 fully saturated rings. The number of para-hydroxylation sites is 1. The number of aromatic nitrogens is 1. The van der Waals surface area contributed by atoms with Crippen molar-refractivity contribution in [2.75, 3.05) is 52.7 Å². The molecular weight excluding hydrogens is 504 g/mol. The standard InChI is InChI=1S/C18H22F2N4O.C5H10O.C4H6O.C2H7N/c1-11(8-24-9-18(19,20)10-24)14-7-23-17(22)13(14)6-15(21)12-4-2-3-5-16(12)25;1-2-4-6-5-3-1;1-3-4(2)5;1-3-2/h2-7,11,23,25H,8-10,21-22H2,1H3;1-5H2;3H,1H2,2H3;3H,1-2H3/b15-6-;;;. The molecule has 0 radical (unpaired) electrons. The average molecular weight is 550 g/mol. The summed E-state index contributed by atoms with van der Waals surface area (Å²) in [7, 11) is 3.75. The van der Waals surface area contributed by atoms with Gasteiger partial charge in [-0.3, -0.25) is 9.69 Å². The van der Waals surface area contributed by atoms with E-state index in [0.29, 0.717) is 23.6 Å². The second-order valence-electron chi connectivity index (χ2n) is 9.60. The van der Waals surface area contributed by atoms with Crippen LogP contribution in [-0.4, -0.2) is 73.6 Å². The Balaban J connectivity index is 0.000000445. The molecular formula is C29H45F2N5O3. The zero-order chi connectivity index (χ0) is 29.4. The topological polar surface area (TPSA) is 130 Å². The number of halogens is 2. The number of carbonyl (C=O) groups excluding carboxylic acids is 1. The first-order valence-corrected chi connectivity index (χ1v) is 13.1. The van der Waals surface area contributed by atoms with E-state index in [2.05, 4.69) is 16.9 Å². The lowest BCUT2D eigenvalue weighted by Gasteiger charge is -2.40. The van der Waals surface area contributed by atoms with Crippen molar-refractivity contribution in [3.05, 3.63) is 59.8 Å². The molecule has 39 heavy (non-hydrogen) atoms. The number of nitrogen functional groups attached to an aromatic ring is 1. The van der Waals surface area contributed by atoms with E-state index in [1.165, 1.54) is 32.3 Å². The van der Waals surface area contributed by atoms with Crippen LogP contribution in [-0.2, 0) is 9.53 Å². The fraction of sp³-hybridized carbons (Fsp3) is 0.483. The van der Waals surface area contributed by atoms with Gasteiger partial charge in [0.1, 0.15) is 11.6 Å². The lowest BCUT2D eigenvalue weighted by atomic mass is 9.96. The number of hydrogen-bond donors (Lipinski definition) is 5. The van der Waals surface area contributed by atoms with E-state index in [1.54, 1.807) is 41.4 Å². The summed E-state index contributed by atoms with van der Waals surface area (Å²) in [5.74, 6) is -2.01. The summed E-state index contributed by atoms with van der Waals surface area (Å²) in [6.07, 6.45) is 8.69. The first kappa shape index (κ1) is 33.8. The van der Waals surface area contributed by atoms with Crippen LogP contribution >= 0.6 is 0 Å². The van der Waals surface area contributed by atoms with Crippen LogP contribution in [0.2, 0.25) is 0 Å². The summed E-state index contributed by atoms with van der Waals surface area (Å²) in [6.45, 7) is 8.75. The number of phenolic OH excluding ortho intramolecular Hbond substituents is 1. The third kappa shape index (κ3) is 12.5. The Labute approximate surface area is 231 Å². The van der Waals surface area contributed by atoms with Crippen LogP contribution in [0.3, 0.4) is 0 Å². The molecule has 2 aliphatic heterocycles. The van der Waals surface area contributed by atoms with Gasteiger partial charge in [-0.15, -0.1) is 0 Å². The molecule has 7 N–H and O–H groups in total. The molecule has 0 bridgehead atoms. The van der Waals surface area contributed by atoms with Crippen molar-refractivity contribution in [1.82, 2.24) is 15.2 Å². The van der Waals surface area contributed by atoms with Gasteiger partial charge >= 0.3 is 0 Å². The van der Waals surface area contributed by atoms with E-state index in [-0.39, 0.29) is 30.5 Å². The molecule has 1 aromatic heterocycles. The van der Waals surface area contributed by atoms with E-state index in [4.69, 9.17) is 16.2 Å². The van der Waals surface area contributed by atoms with Gasteiger partial charge in [0.25, 0.3) is 5.92 Å². The quantitative estimate of drug-likeness (QED) is 0.333. The number of nitrogens with two attached hydrogens (primary N) is 2. The number of alkyl halides is 2. The lowest BCUT2D eigenvalue weighted by molar-refractivity contribution is -0.131. The predicted octanol–water partition coefficient (Wildman–Crippen LogP) is 4.60. The maximum Gasteiger partial charge on any atom is 0.272 e. The van der Waals surface area contributed by atoms with Crippen molar-refractivity contribution >= 4 is 23.4 Å². The predicted molar refractivity (Wildman–Crippen MR) is 156 cm³/mol. The molecule has 1 atom stereocenters. The number of ether oxygens (including phenoxy) is 1. The minimum absolute atomic E-state index is 0.00747. The first-order valence-electron chi connectivity index (χ1n) is 13.1. The van der Waals surface area contributed by atoms with Crippen LogP contribution in [0.1, 0.15) is 55.7 Å². The van der Waals surface area contributed by atoms with Gasteiger partial charge in [-0.1, -0.05) is 25.6 Å². The molecule has 0 aliphatic carbocycles. The Morgan fingerprint density at radius 3 is 2.26 bits per heavy atom. The molecule has 0 saturated carbocycles. The van der Waals surface area contributed by atoms with Crippen LogP contribution in [0, 0.1) is 0 Å². The zero-order valence-corrected chi connectivity index (χ0v) is 23.6. The fourth-order valence-electron chi connectivity index (χ4n) is 3.90. The number of aromatic amines is 1. The van der Waals surface area contributed by atoms with Gasteiger partial charge in [0.15, 0.2) is 5.78 Å². The summed E-state index contributed by atoms with van der Waals surface area (Å²) in [5.41, 5.74) is 14.7. The highest BCUT2D eigenvalue weighted by Crippen LogP contribution is 2.33. The molecule has 0 amide bonds. The molecule has 1 unspecified atom stereocenters. The summed E-state index contributed by atoms with van der Waals surface area (Å²) in [4.78, 5) is 14.4. The van der Waals surface area contributed by atoms with Gasteiger partial charge in [-0.2, -0.15) is 0 Å². The number of likely N-dealkylation sites (tertiary alicyclic amines) is 1. The van der Waals surface area contributed by atoms with Crippen molar-refractivity contribution in [1.29, 1.82) is 0 Å². The van der Waals surface area contributed by atoms with E-state index in [0.717, 1.165) is 24.3 Å². The smallest absolute Gasteiger partial charge is 0.272 e. The average Bonchev–Trinajstić information content (AvgIpc) is 3.25. The molecule has 8 nitrogen and oxygen atoms in total. The number of ketones is 1. The highest BCUT2D eigenvalue weighted by molar-refractivity contribution is 5.86.